The second kappa shape index (κ2) is 6.22. The molecule has 114 valence electrons. The lowest BCUT2D eigenvalue weighted by Gasteiger charge is -2.28. The maximum absolute atomic E-state index is 12.4. The molecule has 1 atom stereocenters. The molecular formula is C15H27N3O2. The van der Waals surface area contributed by atoms with Crippen LogP contribution in [0.15, 0.2) is 0 Å². The summed E-state index contributed by atoms with van der Waals surface area (Å²) in [4.78, 5) is 28.4. The van der Waals surface area contributed by atoms with Crippen LogP contribution in [0.25, 0.3) is 0 Å². The van der Waals surface area contributed by atoms with Gasteiger partial charge in [-0.1, -0.05) is 13.8 Å². The van der Waals surface area contributed by atoms with Crippen molar-refractivity contribution in [2.45, 2.75) is 33.6 Å². The minimum Gasteiger partial charge on any atom is -0.314 e. The number of piperazine rings is 1. The summed E-state index contributed by atoms with van der Waals surface area (Å²) in [7, 11) is 0. The molecule has 0 bridgehead atoms. The normalized spacial score (nSPS) is 28.7. The van der Waals surface area contributed by atoms with E-state index in [0.29, 0.717) is 13.0 Å². The molecule has 0 aromatic carbocycles. The van der Waals surface area contributed by atoms with Crippen molar-refractivity contribution in [2.24, 2.45) is 11.3 Å². The molecule has 2 aliphatic heterocycles. The largest absolute Gasteiger partial charge is 0.314 e. The van der Waals surface area contributed by atoms with Gasteiger partial charge >= 0.3 is 0 Å². The van der Waals surface area contributed by atoms with Gasteiger partial charge in [0.25, 0.3) is 0 Å². The predicted molar refractivity (Wildman–Crippen MR) is 78.2 cm³/mol. The molecule has 2 heterocycles. The zero-order chi connectivity index (χ0) is 14.8. The van der Waals surface area contributed by atoms with Crippen molar-refractivity contribution in [2.75, 3.05) is 39.3 Å². The standard InChI is InChI=1S/C15H27N3O2/c1-12(2)15(3)11-13(19)18(14(15)20)8-4-7-17-9-5-16-6-10-17/h12,16H,4-11H2,1-3H3. The lowest BCUT2D eigenvalue weighted by molar-refractivity contribution is -0.142. The van der Waals surface area contributed by atoms with Crippen LogP contribution in [0.2, 0.25) is 0 Å². The van der Waals surface area contributed by atoms with E-state index in [4.69, 9.17) is 0 Å². The van der Waals surface area contributed by atoms with Gasteiger partial charge < -0.3 is 10.2 Å². The zero-order valence-electron chi connectivity index (χ0n) is 12.9. The number of nitrogens with one attached hydrogen (secondary N) is 1. The average Bonchev–Trinajstić information content (AvgIpc) is 2.64. The Balaban J connectivity index is 1.83. The molecule has 2 rings (SSSR count). The molecule has 0 radical (unpaired) electrons. The van der Waals surface area contributed by atoms with Crippen LogP contribution in [0.3, 0.4) is 0 Å². The second-order valence-corrected chi connectivity index (χ2v) is 6.54. The summed E-state index contributed by atoms with van der Waals surface area (Å²) in [6.07, 6.45) is 1.25. The summed E-state index contributed by atoms with van der Waals surface area (Å²) in [5, 5.41) is 3.32. The number of imide groups is 1. The first-order valence-corrected chi connectivity index (χ1v) is 7.73. The van der Waals surface area contributed by atoms with Crippen LogP contribution >= 0.6 is 0 Å². The third-order valence-electron chi connectivity index (χ3n) is 4.89. The van der Waals surface area contributed by atoms with Crippen LogP contribution in [0.5, 0.6) is 0 Å². The van der Waals surface area contributed by atoms with E-state index in [0.717, 1.165) is 39.1 Å². The van der Waals surface area contributed by atoms with Gasteiger partial charge in [0.05, 0.1) is 5.41 Å². The molecule has 2 saturated heterocycles. The topological polar surface area (TPSA) is 52.7 Å². The first-order valence-electron chi connectivity index (χ1n) is 7.73. The Labute approximate surface area is 121 Å². The van der Waals surface area contributed by atoms with Gasteiger partial charge in [-0.05, 0) is 25.8 Å². The summed E-state index contributed by atoms with van der Waals surface area (Å²) in [5.74, 6) is 0.237. The third kappa shape index (κ3) is 3.04. The maximum atomic E-state index is 12.4. The maximum Gasteiger partial charge on any atom is 0.235 e. The zero-order valence-corrected chi connectivity index (χ0v) is 12.9. The Morgan fingerprint density at radius 1 is 1.20 bits per heavy atom. The predicted octanol–water partition coefficient (Wildman–Crippen LogP) is 0.703. The highest BCUT2D eigenvalue weighted by Gasteiger charge is 2.49. The highest BCUT2D eigenvalue weighted by molar-refractivity contribution is 6.05. The van der Waals surface area contributed by atoms with Gasteiger partial charge in [0.1, 0.15) is 0 Å². The van der Waals surface area contributed by atoms with Crippen molar-refractivity contribution >= 4 is 11.8 Å². The molecule has 1 unspecified atom stereocenters. The fourth-order valence-corrected chi connectivity index (χ4v) is 2.97. The van der Waals surface area contributed by atoms with Gasteiger partial charge in [-0.25, -0.2) is 0 Å². The van der Waals surface area contributed by atoms with Crippen LogP contribution in [-0.2, 0) is 9.59 Å². The summed E-state index contributed by atoms with van der Waals surface area (Å²) in [6.45, 7) is 11.7. The van der Waals surface area contributed by atoms with E-state index in [1.54, 1.807) is 0 Å². The van der Waals surface area contributed by atoms with Gasteiger partial charge in [-0.15, -0.1) is 0 Å². The second-order valence-electron chi connectivity index (χ2n) is 6.54. The summed E-state index contributed by atoms with van der Waals surface area (Å²) in [6, 6.07) is 0. The molecule has 0 spiro atoms. The average molecular weight is 281 g/mol. The third-order valence-corrected chi connectivity index (χ3v) is 4.89. The number of amides is 2. The molecule has 20 heavy (non-hydrogen) atoms. The van der Waals surface area contributed by atoms with Crippen molar-refractivity contribution < 1.29 is 9.59 Å². The van der Waals surface area contributed by atoms with Gasteiger partial charge in [0.15, 0.2) is 0 Å². The van der Waals surface area contributed by atoms with Gasteiger partial charge in [0, 0.05) is 39.1 Å². The minimum absolute atomic E-state index is 0.00603. The molecule has 0 aliphatic carbocycles. The molecular weight excluding hydrogens is 254 g/mol. The number of likely N-dealkylation sites (tertiary alicyclic amines) is 1. The number of carbonyl (C=O) groups is 2. The first kappa shape index (κ1) is 15.4. The Hall–Kier alpha value is -0.940. The summed E-state index contributed by atoms with van der Waals surface area (Å²) < 4.78 is 0. The monoisotopic (exact) mass is 281 g/mol. The first-order chi connectivity index (χ1) is 9.45. The van der Waals surface area contributed by atoms with Crippen LogP contribution < -0.4 is 5.32 Å². The SMILES string of the molecule is CC(C)C1(C)CC(=O)N(CCCN2CCNCC2)C1=O. The van der Waals surface area contributed by atoms with Gasteiger partial charge in [0.2, 0.25) is 11.8 Å². The summed E-state index contributed by atoms with van der Waals surface area (Å²) in [5.41, 5.74) is -0.494. The molecule has 2 amide bonds. The fourth-order valence-electron chi connectivity index (χ4n) is 2.97. The summed E-state index contributed by atoms with van der Waals surface area (Å²) >= 11 is 0. The van der Waals surface area contributed by atoms with E-state index in [2.05, 4.69) is 10.2 Å². The van der Waals surface area contributed by atoms with E-state index in [9.17, 15) is 9.59 Å². The van der Waals surface area contributed by atoms with Crippen molar-refractivity contribution in [1.82, 2.24) is 15.1 Å². The van der Waals surface area contributed by atoms with Crippen LogP contribution in [-0.4, -0.2) is 60.9 Å². The van der Waals surface area contributed by atoms with Gasteiger partial charge in [-0.2, -0.15) is 0 Å². The molecule has 2 aliphatic rings. The molecule has 1 N–H and O–H groups in total. The molecule has 2 fully saturated rings. The van der Waals surface area contributed by atoms with Crippen molar-refractivity contribution in [3.8, 4) is 0 Å². The van der Waals surface area contributed by atoms with Gasteiger partial charge in [-0.3, -0.25) is 14.5 Å². The number of carbonyl (C=O) groups excluding carboxylic acids is 2. The lowest BCUT2D eigenvalue weighted by Crippen LogP contribution is -2.44. The minimum atomic E-state index is -0.494. The molecule has 5 nitrogen and oxygen atoms in total. The van der Waals surface area contributed by atoms with E-state index in [1.807, 2.05) is 20.8 Å². The van der Waals surface area contributed by atoms with Crippen LogP contribution in [0, 0.1) is 11.3 Å². The molecule has 0 saturated carbocycles. The fraction of sp³-hybridized carbons (Fsp3) is 0.867. The van der Waals surface area contributed by atoms with E-state index in [-0.39, 0.29) is 17.7 Å². The Kier molecular flexibility index (Phi) is 4.81. The van der Waals surface area contributed by atoms with Crippen molar-refractivity contribution in [3.05, 3.63) is 0 Å². The van der Waals surface area contributed by atoms with E-state index < -0.39 is 5.41 Å². The number of nitrogens with zero attached hydrogens (tertiary/aromatic N) is 2. The van der Waals surface area contributed by atoms with Crippen LogP contribution in [0.1, 0.15) is 33.6 Å². The van der Waals surface area contributed by atoms with Crippen molar-refractivity contribution in [1.29, 1.82) is 0 Å². The number of hydrogen-bond acceptors (Lipinski definition) is 4. The molecule has 5 heteroatoms. The quantitative estimate of drug-likeness (QED) is 0.754. The molecule has 0 aromatic heterocycles. The Morgan fingerprint density at radius 2 is 1.85 bits per heavy atom. The van der Waals surface area contributed by atoms with Crippen molar-refractivity contribution in [3.63, 3.8) is 0 Å². The highest BCUT2D eigenvalue weighted by atomic mass is 16.2. The molecule has 0 aromatic rings. The van der Waals surface area contributed by atoms with E-state index >= 15 is 0 Å². The van der Waals surface area contributed by atoms with E-state index in [1.165, 1.54) is 4.90 Å². The van der Waals surface area contributed by atoms with Crippen LogP contribution in [0.4, 0.5) is 0 Å². The Morgan fingerprint density at radius 3 is 2.40 bits per heavy atom. The lowest BCUT2D eigenvalue weighted by atomic mass is 9.78. The highest BCUT2D eigenvalue weighted by Crippen LogP contribution is 2.39. The Bertz CT molecular complexity index is 377. The number of hydrogen-bond donors (Lipinski definition) is 1. The number of rotatable bonds is 5. The smallest absolute Gasteiger partial charge is 0.235 e.